The lowest BCUT2D eigenvalue weighted by Gasteiger charge is -2.15. The molecule has 0 spiro atoms. The molecule has 1 aliphatic heterocycles. The van der Waals surface area contributed by atoms with Crippen LogP contribution >= 0.6 is 11.3 Å². The molecule has 1 amide bonds. The summed E-state index contributed by atoms with van der Waals surface area (Å²) in [5, 5.41) is 2.75. The highest BCUT2D eigenvalue weighted by molar-refractivity contribution is 7.89. The maximum Gasteiger partial charge on any atom is 0.348 e. The van der Waals surface area contributed by atoms with E-state index < -0.39 is 27.9 Å². The first-order valence-electron chi connectivity index (χ1n) is 9.42. The number of amides is 1. The molecule has 0 unspecified atom stereocenters. The van der Waals surface area contributed by atoms with Gasteiger partial charge in [0.15, 0.2) is 0 Å². The SMILES string of the molecule is COC(=O)c1sc(NC(=O)c2ccc(S(=O)(=O)N3CCCC3)cc2)c(C(=O)OC)c1C. The summed E-state index contributed by atoms with van der Waals surface area (Å²) >= 11 is 0.900. The van der Waals surface area contributed by atoms with Gasteiger partial charge in [-0.15, -0.1) is 11.3 Å². The number of nitrogens with one attached hydrogen (secondary N) is 1. The second-order valence-corrected chi connectivity index (χ2v) is 9.79. The van der Waals surface area contributed by atoms with Crippen LogP contribution in [0.5, 0.6) is 0 Å². The van der Waals surface area contributed by atoms with Crippen molar-refractivity contribution >= 4 is 44.2 Å². The topological polar surface area (TPSA) is 119 Å². The molecule has 1 aliphatic rings. The van der Waals surface area contributed by atoms with E-state index in [2.05, 4.69) is 5.32 Å². The van der Waals surface area contributed by atoms with Crippen LogP contribution in [0.15, 0.2) is 29.2 Å². The zero-order chi connectivity index (χ0) is 22.8. The van der Waals surface area contributed by atoms with Crippen molar-refractivity contribution in [3.05, 3.63) is 45.8 Å². The van der Waals surface area contributed by atoms with E-state index in [0.29, 0.717) is 18.7 Å². The predicted molar refractivity (Wildman–Crippen MR) is 114 cm³/mol. The first-order valence-corrected chi connectivity index (χ1v) is 11.7. The van der Waals surface area contributed by atoms with E-state index in [1.54, 1.807) is 6.92 Å². The predicted octanol–water partition coefficient (Wildman–Crippen LogP) is 2.67. The normalized spacial score (nSPS) is 14.3. The third-order valence-corrected chi connectivity index (χ3v) is 8.05. The molecule has 1 fully saturated rings. The Hall–Kier alpha value is -2.76. The summed E-state index contributed by atoms with van der Waals surface area (Å²) in [6.45, 7) is 2.53. The number of sulfonamides is 1. The number of methoxy groups -OCH3 is 2. The van der Waals surface area contributed by atoms with Crippen LogP contribution in [0.4, 0.5) is 5.00 Å². The number of benzene rings is 1. The summed E-state index contributed by atoms with van der Waals surface area (Å²) in [4.78, 5) is 37.2. The monoisotopic (exact) mass is 466 g/mol. The number of hydrogen-bond acceptors (Lipinski definition) is 8. The van der Waals surface area contributed by atoms with Crippen molar-refractivity contribution < 1.29 is 32.3 Å². The van der Waals surface area contributed by atoms with Gasteiger partial charge in [0.1, 0.15) is 9.88 Å². The summed E-state index contributed by atoms with van der Waals surface area (Å²) < 4.78 is 36.2. The van der Waals surface area contributed by atoms with Crippen LogP contribution in [0.25, 0.3) is 0 Å². The van der Waals surface area contributed by atoms with Gasteiger partial charge in [-0.3, -0.25) is 4.79 Å². The third kappa shape index (κ3) is 4.48. The van der Waals surface area contributed by atoms with Crippen molar-refractivity contribution in [2.24, 2.45) is 0 Å². The van der Waals surface area contributed by atoms with Crippen molar-refractivity contribution in [1.82, 2.24) is 4.31 Å². The third-order valence-electron chi connectivity index (χ3n) is 4.95. The fraction of sp³-hybridized carbons (Fsp3) is 0.350. The van der Waals surface area contributed by atoms with Crippen LogP contribution in [0, 0.1) is 6.92 Å². The molecule has 1 aromatic heterocycles. The second-order valence-electron chi connectivity index (χ2n) is 6.83. The van der Waals surface area contributed by atoms with Crippen LogP contribution in [-0.2, 0) is 19.5 Å². The first-order chi connectivity index (χ1) is 14.7. The van der Waals surface area contributed by atoms with Gasteiger partial charge in [-0.05, 0) is 49.6 Å². The average molecular weight is 467 g/mol. The van der Waals surface area contributed by atoms with Crippen LogP contribution < -0.4 is 5.32 Å². The Bertz CT molecular complexity index is 1120. The maximum absolute atomic E-state index is 12.7. The molecule has 2 heterocycles. The van der Waals surface area contributed by atoms with Crippen molar-refractivity contribution in [2.75, 3.05) is 32.6 Å². The number of esters is 2. The highest BCUT2D eigenvalue weighted by Gasteiger charge is 2.28. The highest BCUT2D eigenvalue weighted by Crippen LogP contribution is 2.34. The second kappa shape index (κ2) is 9.16. The number of hydrogen-bond donors (Lipinski definition) is 1. The van der Waals surface area contributed by atoms with Crippen LogP contribution in [0.2, 0.25) is 0 Å². The van der Waals surface area contributed by atoms with Crippen molar-refractivity contribution in [1.29, 1.82) is 0 Å². The molecule has 0 saturated carbocycles. The number of carbonyl (C=O) groups is 3. The minimum Gasteiger partial charge on any atom is -0.465 e. The summed E-state index contributed by atoms with van der Waals surface area (Å²) in [5.74, 6) is -1.90. The van der Waals surface area contributed by atoms with Gasteiger partial charge in [0.25, 0.3) is 5.91 Å². The van der Waals surface area contributed by atoms with Crippen LogP contribution in [0.3, 0.4) is 0 Å². The van der Waals surface area contributed by atoms with Crippen molar-refractivity contribution in [3.8, 4) is 0 Å². The molecule has 0 bridgehead atoms. The maximum atomic E-state index is 12.7. The Morgan fingerprint density at radius 1 is 1.00 bits per heavy atom. The smallest absolute Gasteiger partial charge is 0.348 e. The van der Waals surface area contributed by atoms with Gasteiger partial charge in [-0.2, -0.15) is 4.31 Å². The molecular formula is C20H22N2O7S2. The standard InChI is InChI=1S/C20H22N2O7S2/c1-12-15(19(24)28-2)18(30-16(12)20(25)29-3)21-17(23)13-6-8-14(9-7-13)31(26,27)22-10-4-5-11-22/h6-9H,4-5,10-11H2,1-3H3,(H,21,23). The number of ether oxygens (including phenoxy) is 2. The Labute approximate surface area is 184 Å². The van der Waals surface area contributed by atoms with E-state index in [1.807, 2.05) is 0 Å². The molecule has 0 aliphatic carbocycles. The van der Waals surface area contributed by atoms with E-state index in [9.17, 15) is 22.8 Å². The Kier molecular flexibility index (Phi) is 6.77. The van der Waals surface area contributed by atoms with Gasteiger partial charge in [0, 0.05) is 18.7 Å². The molecule has 31 heavy (non-hydrogen) atoms. The van der Waals surface area contributed by atoms with Gasteiger partial charge in [-0.25, -0.2) is 18.0 Å². The molecule has 166 valence electrons. The average Bonchev–Trinajstić information content (AvgIpc) is 3.42. The summed E-state index contributed by atoms with van der Waals surface area (Å²) in [6.07, 6.45) is 1.66. The van der Waals surface area contributed by atoms with E-state index >= 15 is 0 Å². The largest absolute Gasteiger partial charge is 0.465 e. The number of nitrogens with zero attached hydrogens (tertiary/aromatic N) is 1. The van der Waals surface area contributed by atoms with E-state index in [4.69, 9.17) is 9.47 Å². The number of carbonyl (C=O) groups excluding carboxylic acids is 3. The van der Waals surface area contributed by atoms with E-state index in [0.717, 1.165) is 24.2 Å². The van der Waals surface area contributed by atoms with Gasteiger partial charge in [-0.1, -0.05) is 0 Å². The van der Waals surface area contributed by atoms with Crippen LogP contribution in [0.1, 0.15) is 48.8 Å². The molecule has 11 heteroatoms. The van der Waals surface area contributed by atoms with Crippen molar-refractivity contribution in [3.63, 3.8) is 0 Å². The molecule has 1 aromatic carbocycles. The van der Waals surface area contributed by atoms with E-state index in [1.165, 1.54) is 42.8 Å². The zero-order valence-corrected chi connectivity index (χ0v) is 18.9. The molecule has 9 nitrogen and oxygen atoms in total. The van der Waals surface area contributed by atoms with Gasteiger partial charge >= 0.3 is 11.9 Å². The van der Waals surface area contributed by atoms with Gasteiger partial charge in [0.2, 0.25) is 10.0 Å². The lowest BCUT2D eigenvalue weighted by Crippen LogP contribution is -2.27. The molecule has 3 rings (SSSR count). The quantitative estimate of drug-likeness (QED) is 0.650. The molecule has 1 N–H and O–H groups in total. The molecule has 0 radical (unpaired) electrons. The minimum absolute atomic E-state index is 0.0643. The van der Waals surface area contributed by atoms with Crippen molar-refractivity contribution in [2.45, 2.75) is 24.7 Å². The Balaban J connectivity index is 1.86. The van der Waals surface area contributed by atoms with Crippen LogP contribution in [-0.4, -0.2) is 57.9 Å². The summed E-state index contributed by atoms with van der Waals surface area (Å²) in [6, 6.07) is 5.56. The molecule has 0 atom stereocenters. The minimum atomic E-state index is -3.59. The fourth-order valence-corrected chi connectivity index (χ4v) is 5.89. The van der Waals surface area contributed by atoms with Gasteiger partial charge < -0.3 is 14.8 Å². The Morgan fingerprint density at radius 2 is 1.58 bits per heavy atom. The first kappa shape index (κ1) is 22.9. The molecule has 2 aromatic rings. The number of thiophene rings is 1. The summed E-state index contributed by atoms with van der Waals surface area (Å²) in [5.41, 5.74) is 0.599. The lowest BCUT2D eigenvalue weighted by atomic mass is 10.1. The number of anilines is 1. The highest BCUT2D eigenvalue weighted by atomic mass is 32.2. The zero-order valence-electron chi connectivity index (χ0n) is 17.3. The fourth-order valence-electron chi connectivity index (χ4n) is 3.27. The number of rotatable bonds is 6. The summed E-state index contributed by atoms with van der Waals surface area (Å²) in [7, 11) is -1.17. The molecular weight excluding hydrogens is 444 g/mol. The lowest BCUT2D eigenvalue weighted by molar-refractivity contribution is 0.0601. The van der Waals surface area contributed by atoms with E-state index in [-0.39, 0.29) is 25.9 Å². The Morgan fingerprint density at radius 3 is 2.13 bits per heavy atom. The molecule has 1 saturated heterocycles. The van der Waals surface area contributed by atoms with Gasteiger partial charge in [0.05, 0.1) is 24.7 Å².